The number of hydrogen-bond acceptors (Lipinski definition) is 0. The van der Waals surface area contributed by atoms with Gasteiger partial charge in [-0.3, -0.25) is 0 Å². The number of benzene rings is 7. The molecule has 0 spiro atoms. The first-order valence-electron chi connectivity index (χ1n) is 15.5. The molecule has 210 valence electrons. The van der Waals surface area contributed by atoms with Gasteiger partial charge in [-0.2, -0.15) is 0 Å². The van der Waals surface area contributed by atoms with Crippen molar-refractivity contribution >= 4 is 65.3 Å². The van der Waals surface area contributed by atoms with Crippen LogP contribution in [0.1, 0.15) is 0 Å². The van der Waals surface area contributed by atoms with Gasteiger partial charge in [-0.1, -0.05) is 84.9 Å². The van der Waals surface area contributed by atoms with Crippen molar-refractivity contribution in [3.8, 4) is 17.1 Å². The molecule has 7 aromatic carbocycles. The van der Waals surface area contributed by atoms with Crippen molar-refractivity contribution in [3.63, 3.8) is 0 Å². The lowest BCUT2D eigenvalue weighted by Gasteiger charge is -2.11. The second kappa shape index (κ2) is 9.22. The summed E-state index contributed by atoms with van der Waals surface area (Å²) in [7, 11) is 0. The van der Waals surface area contributed by atoms with Gasteiger partial charge in [0.1, 0.15) is 0 Å². The maximum Gasteiger partial charge on any atom is 0.0547 e. The van der Waals surface area contributed by atoms with Crippen LogP contribution in [0.15, 0.2) is 164 Å². The highest BCUT2D eigenvalue weighted by Crippen LogP contribution is 2.41. The summed E-state index contributed by atoms with van der Waals surface area (Å²) >= 11 is 0. The molecule has 0 radical (unpaired) electrons. The van der Waals surface area contributed by atoms with Crippen molar-refractivity contribution < 1.29 is 0 Å². The number of nitrogens with zero attached hydrogens (tertiary/aromatic N) is 3. The molecule has 0 saturated heterocycles. The Bertz CT molecular complexity index is 2740. The van der Waals surface area contributed by atoms with E-state index in [2.05, 4.69) is 178 Å². The second-order valence-electron chi connectivity index (χ2n) is 11.8. The molecule has 0 aliphatic rings. The van der Waals surface area contributed by atoms with Crippen LogP contribution in [0.2, 0.25) is 0 Å². The predicted molar refractivity (Wildman–Crippen MR) is 189 cm³/mol. The van der Waals surface area contributed by atoms with Gasteiger partial charge in [0.2, 0.25) is 0 Å². The maximum absolute atomic E-state index is 2.44. The van der Waals surface area contributed by atoms with E-state index in [0.717, 1.165) is 0 Å². The molecule has 3 aromatic heterocycles. The highest BCUT2D eigenvalue weighted by Gasteiger charge is 2.18. The number of para-hydroxylation sites is 4. The average molecular weight is 574 g/mol. The van der Waals surface area contributed by atoms with E-state index in [-0.39, 0.29) is 0 Å². The maximum atomic E-state index is 2.44. The van der Waals surface area contributed by atoms with Crippen molar-refractivity contribution in [3.05, 3.63) is 164 Å². The molecule has 0 fully saturated rings. The lowest BCUT2D eigenvalue weighted by molar-refractivity contribution is 1.13. The van der Waals surface area contributed by atoms with Gasteiger partial charge in [0.15, 0.2) is 0 Å². The van der Waals surface area contributed by atoms with Crippen LogP contribution in [0.4, 0.5) is 0 Å². The van der Waals surface area contributed by atoms with Crippen molar-refractivity contribution in [2.75, 3.05) is 0 Å². The SMILES string of the molecule is c1ccc(-n2ccc3c4ccc5c(c4ccc32)c2ccccc2n5-c2ccc3c(c2)c2ccccc2n3-c2ccccc2)cc1. The van der Waals surface area contributed by atoms with E-state index < -0.39 is 0 Å². The number of fused-ring (bicyclic) bond motifs is 10. The molecule has 3 nitrogen and oxygen atoms in total. The highest BCUT2D eigenvalue weighted by molar-refractivity contribution is 6.25. The Morgan fingerprint density at radius 2 is 0.844 bits per heavy atom. The Balaban J connectivity index is 1.25. The third-order valence-electron chi connectivity index (χ3n) is 9.47. The molecule has 10 aromatic rings. The molecular weight excluding hydrogens is 546 g/mol. The lowest BCUT2D eigenvalue weighted by atomic mass is 10.0. The Morgan fingerprint density at radius 1 is 0.289 bits per heavy atom. The molecule has 0 aliphatic heterocycles. The van der Waals surface area contributed by atoms with E-state index in [4.69, 9.17) is 0 Å². The smallest absolute Gasteiger partial charge is 0.0547 e. The fourth-order valence-corrected chi connectivity index (χ4v) is 7.55. The van der Waals surface area contributed by atoms with Crippen LogP contribution < -0.4 is 0 Å². The zero-order valence-electron chi connectivity index (χ0n) is 24.4. The number of rotatable bonds is 3. The fourth-order valence-electron chi connectivity index (χ4n) is 7.55. The molecule has 0 amide bonds. The minimum absolute atomic E-state index is 1.17. The summed E-state index contributed by atoms with van der Waals surface area (Å²) in [6.07, 6.45) is 2.19. The van der Waals surface area contributed by atoms with E-state index in [1.165, 1.54) is 82.3 Å². The molecule has 0 aliphatic carbocycles. The van der Waals surface area contributed by atoms with Gasteiger partial charge in [0.05, 0.1) is 27.6 Å². The van der Waals surface area contributed by atoms with Crippen LogP contribution in [-0.4, -0.2) is 13.7 Å². The summed E-state index contributed by atoms with van der Waals surface area (Å²) < 4.78 is 7.10. The van der Waals surface area contributed by atoms with Crippen molar-refractivity contribution in [1.29, 1.82) is 0 Å². The minimum Gasteiger partial charge on any atom is -0.317 e. The van der Waals surface area contributed by atoms with Gasteiger partial charge in [0.25, 0.3) is 0 Å². The zero-order chi connectivity index (χ0) is 29.5. The Morgan fingerprint density at radius 3 is 1.64 bits per heavy atom. The predicted octanol–water partition coefficient (Wildman–Crippen LogP) is 11.0. The Kier molecular flexibility index (Phi) is 5.00. The normalized spacial score (nSPS) is 12.0. The summed E-state index contributed by atoms with van der Waals surface area (Å²) in [4.78, 5) is 0. The third-order valence-corrected chi connectivity index (χ3v) is 9.47. The van der Waals surface area contributed by atoms with Crippen LogP contribution in [0.5, 0.6) is 0 Å². The van der Waals surface area contributed by atoms with Crippen molar-refractivity contribution in [1.82, 2.24) is 13.7 Å². The van der Waals surface area contributed by atoms with Crippen LogP contribution in [0.3, 0.4) is 0 Å². The fraction of sp³-hybridized carbons (Fsp3) is 0. The summed E-state index contributed by atoms with van der Waals surface area (Å²) in [5.74, 6) is 0. The monoisotopic (exact) mass is 573 g/mol. The summed E-state index contributed by atoms with van der Waals surface area (Å²) in [6.45, 7) is 0. The van der Waals surface area contributed by atoms with Crippen LogP contribution >= 0.6 is 0 Å². The minimum atomic E-state index is 1.17. The average Bonchev–Trinajstić information content (AvgIpc) is 3.79. The van der Waals surface area contributed by atoms with E-state index in [9.17, 15) is 0 Å². The number of hydrogen-bond donors (Lipinski definition) is 0. The molecule has 0 atom stereocenters. The van der Waals surface area contributed by atoms with Crippen LogP contribution in [0.25, 0.3) is 82.3 Å². The quantitative estimate of drug-likeness (QED) is 0.200. The molecule has 45 heavy (non-hydrogen) atoms. The molecule has 0 saturated carbocycles. The first-order valence-corrected chi connectivity index (χ1v) is 15.5. The van der Waals surface area contributed by atoms with E-state index in [1.54, 1.807) is 0 Å². The largest absolute Gasteiger partial charge is 0.317 e. The summed E-state index contributed by atoms with van der Waals surface area (Å²) in [5.41, 5.74) is 9.60. The standard InChI is InChI=1S/C42H27N3/c1-3-11-28(12-4-1)43-26-25-33-31-20-24-41-42(34(31)21-23-37(33)43)35-16-8-10-18-39(35)45(41)30-19-22-40-36(27-30)32-15-7-9-17-38(32)44(40)29-13-5-2-6-14-29/h1-27H. The van der Waals surface area contributed by atoms with E-state index >= 15 is 0 Å². The lowest BCUT2D eigenvalue weighted by Crippen LogP contribution is -1.95. The Hall–Kier alpha value is -6.06. The van der Waals surface area contributed by atoms with Gasteiger partial charge in [-0.15, -0.1) is 0 Å². The first kappa shape index (κ1) is 24.4. The van der Waals surface area contributed by atoms with Crippen LogP contribution in [0, 0.1) is 0 Å². The highest BCUT2D eigenvalue weighted by atomic mass is 15.0. The topological polar surface area (TPSA) is 14.8 Å². The van der Waals surface area contributed by atoms with Gasteiger partial charge in [-0.05, 0) is 83.6 Å². The van der Waals surface area contributed by atoms with Gasteiger partial charge in [0, 0.05) is 50.2 Å². The van der Waals surface area contributed by atoms with Crippen molar-refractivity contribution in [2.45, 2.75) is 0 Å². The second-order valence-corrected chi connectivity index (χ2v) is 11.8. The van der Waals surface area contributed by atoms with Gasteiger partial charge < -0.3 is 13.7 Å². The molecule has 0 bridgehead atoms. The third kappa shape index (κ3) is 3.41. The molecular formula is C42H27N3. The van der Waals surface area contributed by atoms with E-state index in [0.29, 0.717) is 0 Å². The molecule has 3 heterocycles. The first-order chi connectivity index (χ1) is 22.3. The molecule has 3 heteroatoms. The van der Waals surface area contributed by atoms with E-state index in [1.807, 2.05) is 0 Å². The van der Waals surface area contributed by atoms with Crippen LogP contribution in [-0.2, 0) is 0 Å². The Labute approximate surface area is 259 Å². The zero-order valence-corrected chi connectivity index (χ0v) is 24.4. The molecule has 0 unspecified atom stereocenters. The van der Waals surface area contributed by atoms with Crippen molar-refractivity contribution in [2.24, 2.45) is 0 Å². The molecule has 0 N–H and O–H groups in total. The molecule has 10 rings (SSSR count). The number of aromatic nitrogens is 3. The van der Waals surface area contributed by atoms with Gasteiger partial charge >= 0.3 is 0 Å². The van der Waals surface area contributed by atoms with Gasteiger partial charge in [-0.25, -0.2) is 0 Å². The summed E-state index contributed by atoms with van der Waals surface area (Å²) in [6, 6.07) is 57.2. The summed E-state index contributed by atoms with van der Waals surface area (Å²) in [5, 5.41) is 8.90.